The molecule has 1 saturated heterocycles. The smallest absolute Gasteiger partial charge is 0.256 e. The fraction of sp³-hybridized carbons (Fsp3) is 0.381. The maximum absolute atomic E-state index is 14.6. The van der Waals surface area contributed by atoms with Gasteiger partial charge < -0.3 is 25.5 Å². The summed E-state index contributed by atoms with van der Waals surface area (Å²) in [5.74, 6) is -3.86. The second-order valence-corrected chi connectivity index (χ2v) is 8.89. The molecule has 2 aromatic rings. The molecule has 1 aliphatic heterocycles. The predicted octanol–water partition coefficient (Wildman–Crippen LogP) is 1.93. The van der Waals surface area contributed by atoms with Crippen LogP contribution in [0.3, 0.4) is 0 Å². The van der Waals surface area contributed by atoms with E-state index in [9.17, 15) is 23.1 Å². The third kappa shape index (κ3) is 5.52. The van der Waals surface area contributed by atoms with Crippen LogP contribution in [0, 0.1) is 21.0 Å². The topological polar surface area (TPSA) is 96.3 Å². The molecule has 0 aliphatic carbocycles. The first-order chi connectivity index (χ1) is 15.2. The molecule has 0 aromatic heterocycles. The molecule has 3 rings (SSSR count). The number of benzene rings is 2. The van der Waals surface area contributed by atoms with Gasteiger partial charge in [0, 0.05) is 23.2 Å². The lowest BCUT2D eigenvalue weighted by molar-refractivity contribution is -0.0997. The van der Waals surface area contributed by atoms with Gasteiger partial charge in [-0.3, -0.25) is 9.69 Å². The van der Waals surface area contributed by atoms with E-state index >= 15 is 0 Å². The SMILES string of the molecule is O=C(c1ccc(F)c(F)c1Nc1ccc(I)cc1F)N1CC(O)(CN(CCO)CCO)C1. The lowest BCUT2D eigenvalue weighted by Crippen LogP contribution is -2.67. The Balaban J connectivity index is 1.78. The van der Waals surface area contributed by atoms with Gasteiger partial charge in [0.25, 0.3) is 5.91 Å². The number of amides is 1. The second-order valence-electron chi connectivity index (χ2n) is 7.64. The van der Waals surface area contributed by atoms with Gasteiger partial charge in [0.15, 0.2) is 11.6 Å². The van der Waals surface area contributed by atoms with Crippen LogP contribution in [0.15, 0.2) is 30.3 Å². The zero-order valence-electron chi connectivity index (χ0n) is 17.0. The highest BCUT2D eigenvalue weighted by atomic mass is 127. The summed E-state index contributed by atoms with van der Waals surface area (Å²) in [6.45, 7) is 0.153. The lowest BCUT2D eigenvalue weighted by Gasteiger charge is -2.48. The van der Waals surface area contributed by atoms with Crippen molar-refractivity contribution < 1.29 is 33.3 Å². The molecule has 0 unspecified atom stereocenters. The molecule has 7 nitrogen and oxygen atoms in total. The van der Waals surface area contributed by atoms with Crippen LogP contribution in [-0.2, 0) is 0 Å². The Bertz CT molecular complexity index is 983. The third-order valence-electron chi connectivity index (χ3n) is 5.12. The van der Waals surface area contributed by atoms with Crippen LogP contribution >= 0.6 is 22.6 Å². The first-order valence-electron chi connectivity index (χ1n) is 9.83. The fourth-order valence-electron chi connectivity index (χ4n) is 3.62. The number of rotatable bonds is 9. The van der Waals surface area contributed by atoms with Crippen LogP contribution in [0.4, 0.5) is 24.5 Å². The highest BCUT2D eigenvalue weighted by Gasteiger charge is 2.45. The number of halogens is 4. The number of aliphatic hydroxyl groups excluding tert-OH is 2. The van der Waals surface area contributed by atoms with Crippen LogP contribution in [0.25, 0.3) is 0 Å². The summed E-state index contributed by atoms with van der Waals surface area (Å²) in [7, 11) is 0. The summed E-state index contributed by atoms with van der Waals surface area (Å²) in [5, 5.41) is 31.4. The van der Waals surface area contributed by atoms with Crippen molar-refractivity contribution in [3.05, 3.63) is 56.9 Å². The Hall–Kier alpha value is -1.93. The molecule has 0 atom stereocenters. The maximum atomic E-state index is 14.6. The van der Waals surface area contributed by atoms with E-state index in [0.29, 0.717) is 3.57 Å². The van der Waals surface area contributed by atoms with E-state index in [-0.39, 0.29) is 57.2 Å². The van der Waals surface area contributed by atoms with E-state index in [4.69, 9.17) is 10.2 Å². The third-order valence-corrected chi connectivity index (χ3v) is 5.79. The van der Waals surface area contributed by atoms with Crippen molar-refractivity contribution in [2.75, 3.05) is 51.3 Å². The molecule has 4 N–H and O–H groups in total. The fourth-order valence-corrected chi connectivity index (χ4v) is 4.08. The minimum absolute atomic E-state index is 0.0739. The van der Waals surface area contributed by atoms with Gasteiger partial charge >= 0.3 is 0 Å². The maximum Gasteiger partial charge on any atom is 0.256 e. The molecule has 32 heavy (non-hydrogen) atoms. The molecule has 0 spiro atoms. The first kappa shape index (κ1) is 24.7. The van der Waals surface area contributed by atoms with Gasteiger partial charge in [0.05, 0.1) is 43.2 Å². The number of likely N-dealkylation sites (tertiary alicyclic amines) is 1. The molecule has 0 bridgehead atoms. The molecule has 0 saturated carbocycles. The number of hydrogen-bond acceptors (Lipinski definition) is 6. The average Bonchev–Trinajstić information content (AvgIpc) is 2.71. The lowest BCUT2D eigenvalue weighted by atomic mass is 9.92. The number of nitrogens with zero attached hydrogens (tertiary/aromatic N) is 2. The number of hydrogen-bond donors (Lipinski definition) is 4. The van der Waals surface area contributed by atoms with Gasteiger partial charge in [-0.1, -0.05) is 0 Å². The summed E-state index contributed by atoms with van der Waals surface area (Å²) >= 11 is 1.91. The van der Waals surface area contributed by atoms with Gasteiger partial charge in [-0.2, -0.15) is 0 Å². The van der Waals surface area contributed by atoms with E-state index in [1.165, 1.54) is 17.0 Å². The van der Waals surface area contributed by atoms with E-state index in [0.717, 1.165) is 12.1 Å². The minimum atomic E-state index is -1.32. The van der Waals surface area contributed by atoms with E-state index in [2.05, 4.69) is 5.32 Å². The van der Waals surface area contributed by atoms with E-state index in [1.54, 1.807) is 11.0 Å². The summed E-state index contributed by atoms with van der Waals surface area (Å²) in [6.07, 6.45) is 0. The first-order valence-corrected chi connectivity index (χ1v) is 10.9. The van der Waals surface area contributed by atoms with Crippen molar-refractivity contribution >= 4 is 39.9 Å². The number of β-amino-alcohol motifs (C(OH)–C–C–N with tert-alkyl or cyclic N) is 1. The second kappa shape index (κ2) is 10.3. The van der Waals surface area contributed by atoms with Crippen LogP contribution in [0.5, 0.6) is 0 Å². The molecule has 1 amide bonds. The Morgan fingerprint density at radius 1 is 1.09 bits per heavy atom. The molecule has 1 fully saturated rings. The summed E-state index contributed by atoms with van der Waals surface area (Å²) < 4.78 is 43.3. The normalized spacial score (nSPS) is 15.1. The monoisotopic (exact) mass is 565 g/mol. The van der Waals surface area contributed by atoms with Crippen molar-refractivity contribution in [1.82, 2.24) is 9.80 Å². The van der Waals surface area contributed by atoms with Gasteiger partial charge in [0.2, 0.25) is 0 Å². The van der Waals surface area contributed by atoms with Gasteiger partial charge in [-0.25, -0.2) is 13.2 Å². The van der Waals surface area contributed by atoms with Gasteiger partial charge in [-0.15, -0.1) is 0 Å². The van der Waals surface area contributed by atoms with Crippen molar-refractivity contribution in [3.8, 4) is 0 Å². The summed E-state index contributed by atoms with van der Waals surface area (Å²) in [4.78, 5) is 15.9. The highest BCUT2D eigenvalue weighted by Crippen LogP contribution is 2.32. The van der Waals surface area contributed by atoms with Crippen molar-refractivity contribution in [2.24, 2.45) is 0 Å². The Kier molecular flexibility index (Phi) is 7.98. The largest absolute Gasteiger partial charge is 0.395 e. The van der Waals surface area contributed by atoms with Crippen molar-refractivity contribution in [2.45, 2.75) is 5.60 Å². The number of aliphatic hydroxyl groups is 3. The molecule has 0 radical (unpaired) electrons. The Morgan fingerprint density at radius 3 is 2.34 bits per heavy atom. The van der Waals surface area contributed by atoms with E-state index < -0.39 is 34.6 Å². The van der Waals surface area contributed by atoms with Gasteiger partial charge in [0.1, 0.15) is 11.4 Å². The summed E-state index contributed by atoms with van der Waals surface area (Å²) in [6, 6.07) is 6.06. The molecule has 11 heteroatoms. The average molecular weight is 565 g/mol. The number of carbonyl (C=O) groups excluding carboxylic acids is 1. The van der Waals surface area contributed by atoms with Crippen LogP contribution in [0.2, 0.25) is 0 Å². The Labute approximate surface area is 196 Å². The zero-order chi connectivity index (χ0) is 23.5. The number of nitrogens with one attached hydrogen (secondary N) is 1. The van der Waals surface area contributed by atoms with Crippen molar-refractivity contribution in [3.63, 3.8) is 0 Å². The molecular formula is C21H23F3IN3O4. The van der Waals surface area contributed by atoms with Crippen molar-refractivity contribution in [1.29, 1.82) is 0 Å². The molecule has 1 heterocycles. The van der Waals surface area contributed by atoms with Gasteiger partial charge in [-0.05, 0) is 52.9 Å². The quantitative estimate of drug-likeness (QED) is 0.348. The number of anilines is 2. The van der Waals surface area contributed by atoms with Crippen LogP contribution in [-0.4, -0.2) is 82.6 Å². The van der Waals surface area contributed by atoms with E-state index in [1.807, 2.05) is 22.6 Å². The molecule has 2 aromatic carbocycles. The van der Waals surface area contributed by atoms with Crippen LogP contribution < -0.4 is 5.32 Å². The molecule has 1 aliphatic rings. The standard InChI is InChI=1S/C21H23F3IN3O4/c22-15-3-2-14(19(18(15)24)26-17-4-1-13(25)9-16(17)23)20(31)28-11-21(32,12-28)10-27(5-7-29)6-8-30/h1-4,9,26,29-30,32H,5-8,10-12H2. The minimum Gasteiger partial charge on any atom is -0.395 e. The highest BCUT2D eigenvalue weighted by molar-refractivity contribution is 14.1. The molecular weight excluding hydrogens is 542 g/mol. The summed E-state index contributed by atoms with van der Waals surface area (Å²) in [5.41, 5.74) is -2.08. The zero-order valence-corrected chi connectivity index (χ0v) is 19.2. The predicted molar refractivity (Wildman–Crippen MR) is 120 cm³/mol. The Morgan fingerprint density at radius 2 is 1.75 bits per heavy atom. The number of carbonyl (C=O) groups is 1. The van der Waals surface area contributed by atoms with Crippen LogP contribution in [0.1, 0.15) is 10.4 Å². The molecule has 174 valence electrons.